The average molecular weight is 373 g/mol. The lowest BCUT2D eigenvalue weighted by Crippen LogP contribution is -2.41. The molecule has 0 saturated carbocycles. The maximum absolute atomic E-state index is 12.5. The Hall–Kier alpha value is -3.87. The van der Waals surface area contributed by atoms with E-state index in [0.717, 1.165) is 16.5 Å². The van der Waals surface area contributed by atoms with Crippen LogP contribution < -0.4 is 10.9 Å². The molecule has 0 aliphatic carbocycles. The van der Waals surface area contributed by atoms with Gasteiger partial charge in [-0.25, -0.2) is 0 Å². The molecule has 0 bridgehead atoms. The van der Waals surface area contributed by atoms with Crippen molar-refractivity contribution in [1.82, 2.24) is 25.2 Å². The fraction of sp³-hybridized carbons (Fsp3) is 0.0952. The molecule has 0 radical (unpaired) electrons. The first kappa shape index (κ1) is 17.5. The van der Waals surface area contributed by atoms with Gasteiger partial charge in [-0.2, -0.15) is 5.10 Å². The smallest absolute Gasteiger partial charge is 0.271 e. The summed E-state index contributed by atoms with van der Waals surface area (Å²) in [6, 6.07) is 16.6. The largest absolute Gasteiger partial charge is 0.350 e. The SMILES string of the molecule is Cn1cc(C(=O)NNC(=O)c2ccc(Cn3cccn3)cc2)c2ccccc21. The summed E-state index contributed by atoms with van der Waals surface area (Å²) in [7, 11) is 1.88. The van der Waals surface area contributed by atoms with E-state index in [9.17, 15) is 9.59 Å². The molecule has 7 nitrogen and oxygen atoms in total. The Balaban J connectivity index is 1.40. The lowest BCUT2D eigenvalue weighted by molar-refractivity contribution is 0.0847. The zero-order valence-electron chi connectivity index (χ0n) is 15.3. The molecular formula is C21H19N5O2. The number of carbonyl (C=O) groups is 2. The van der Waals surface area contributed by atoms with Gasteiger partial charge in [0.05, 0.1) is 12.1 Å². The maximum Gasteiger partial charge on any atom is 0.271 e. The number of hydrazine groups is 1. The van der Waals surface area contributed by atoms with Gasteiger partial charge >= 0.3 is 0 Å². The number of amides is 2. The lowest BCUT2D eigenvalue weighted by Gasteiger charge is -2.08. The highest BCUT2D eigenvalue weighted by molar-refractivity contribution is 6.07. The average Bonchev–Trinajstić information content (AvgIpc) is 3.35. The van der Waals surface area contributed by atoms with Gasteiger partial charge in [0.1, 0.15) is 0 Å². The standard InChI is InChI=1S/C21H19N5O2/c1-25-14-18(17-5-2-3-6-19(17)25)21(28)24-23-20(27)16-9-7-15(8-10-16)13-26-12-4-11-22-26/h2-12,14H,13H2,1H3,(H,23,27)(H,24,28). The molecule has 0 aliphatic heterocycles. The fourth-order valence-electron chi connectivity index (χ4n) is 3.12. The second-order valence-electron chi connectivity index (χ2n) is 6.48. The summed E-state index contributed by atoms with van der Waals surface area (Å²) in [6.07, 6.45) is 5.35. The first-order valence-corrected chi connectivity index (χ1v) is 8.83. The molecule has 2 aromatic carbocycles. The molecule has 0 spiro atoms. The number of nitrogens with zero attached hydrogens (tertiary/aromatic N) is 3. The van der Waals surface area contributed by atoms with E-state index in [-0.39, 0.29) is 11.8 Å². The first-order chi connectivity index (χ1) is 13.6. The van der Waals surface area contributed by atoms with Gasteiger partial charge in [-0.15, -0.1) is 0 Å². The van der Waals surface area contributed by atoms with Crippen LogP contribution in [0.4, 0.5) is 0 Å². The van der Waals surface area contributed by atoms with E-state index in [1.165, 1.54) is 0 Å². The van der Waals surface area contributed by atoms with Crippen molar-refractivity contribution >= 4 is 22.7 Å². The first-order valence-electron chi connectivity index (χ1n) is 8.83. The minimum atomic E-state index is -0.376. The van der Waals surface area contributed by atoms with Crippen molar-refractivity contribution in [3.05, 3.63) is 89.9 Å². The highest BCUT2D eigenvalue weighted by Crippen LogP contribution is 2.19. The number of aryl methyl sites for hydroxylation is 1. The summed E-state index contributed by atoms with van der Waals surface area (Å²) in [5.74, 6) is -0.736. The van der Waals surface area contributed by atoms with Gasteiger partial charge in [0.15, 0.2) is 0 Å². The molecule has 2 aromatic heterocycles. The van der Waals surface area contributed by atoms with Crippen LogP contribution in [0.25, 0.3) is 10.9 Å². The van der Waals surface area contributed by atoms with Crippen LogP contribution in [0, 0.1) is 0 Å². The molecule has 4 rings (SSSR count). The van der Waals surface area contributed by atoms with Crippen molar-refractivity contribution in [3.63, 3.8) is 0 Å². The Morgan fingerprint density at radius 3 is 2.46 bits per heavy atom. The predicted octanol–water partition coefficient (Wildman–Crippen LogP) is 2.50. The van der Waals surface area contributed by atoms with Crippen LogP contribution in [-0.2, 0) is 13.6 Å². The summed E-state index contributed by atoms with van der Waals surface area (Å²) < 4.78 is 3.68. The maximum atomic E-state index is 12.5. The number of aromatic nitrogens is 3. The van der Waals surface area contributed by atoms with E-state index >= 15 is 0 Å². The molecule has 0 aliphatic rings. The molecule has 2 amide bonds. The van der Waals surface area contributed by atoms with Crippen LogP contribution >= 0.6 is 0 Å². The van der Waals surface area contributed by atoms with Crippen LogP contribution in [0.2, 0.25) is 0 Å². The number of hydrogen-bond acceptors (Lipinski definition) is 3. The van der Waals surface area contributed by atoms with Gasteiger partial charge in [-0.1, -0.05) is 30.3 Å². The second-order valence-corrected chi connectivity index (χ2v) is 6.48. The summed E-state index contributed by atoms with van der Waals surface area (Å²) in [5.41, 5.74) is 7.91. The van der Waals surface area contributed by atoms with Crippen molar-refractivity contribution in [3.8, 4) is 0 Å². The Morgan fingerprint density at radius 2 is 1.71 bits per heavy atom. The number of carbonyl (C=O) groups excluding carboxylic acids is 2. The van der Waals surface area contributed by atoms with Crippen molar-refractivity contribution < 1.29 is 9.59 Å². The van der Waals surface area contributed by atoms with Gasteiger partial charge in [0.2, 0.25) is 0 Å². The predicted molar refractivity (Wildman–Crippen MR) is 106 cm³/mol. The fourth-order valence-corrected chi connectivity index (χ4v) is 3.12. The molecule has 2 heterocycles. The quantitative estimate of drug-likeness (QED) is 0.539. The van der Waals surface area contributed by atoms with E-state index in [1.54, 1.807) is 29.2 Å². The highest BCUT2D eigenvalue weighted by atomic mass is 16.2. The van der Waals surface area contributed by atoms with Crippen molar-refractivity contribution in [2.24, 2.45) is 7.05 Å². The molecule has 2 N–H and O–H groups in total. The number of fused-ring (bicyclic) bond motifs is 1. The Bertz CT molecular complexity index is 1130. The van der Waals surface area contributed by atoms with Gasteiger partial charge in [0.25, 0.3) is 11.8 Å². The third-order valence-electron chi connectivity index (χ3n) is 4.55. The topological polar surface area (TPSA) is 81.0 Å². The minimum Gasteiger partial charge on any atom is -0.350 e. The van der Waals surface area contributed by atoms with E-state index in [1.807, 2.05) is 60.3 Å². The van der Waals surface area contributed by atoms with Crippen molar-refractivity contribution in [1.29, 1.82) is 0 Å². The van der Waals surface area contributed by atoms with Crippen LogP contribution in [0.1, 0.15) is 26.3 Å². The van der Waals surface area contributed by atoms with Crippen LogP contribution in [0.3, 0.4) is 0 Å². The number of benzene rings is 2. The van der Waals surface area contributed by atoms with Gasteiger partial charge in [-0.3, -0.25) is 25.1 Å². The summed E-state index contributed by atoms with van der Waals surface area (Å²) >= 11 is 0. The van der Waals surface area contributed by atoms with E-state index in [4.69, 9.17) is 0 Å². The van der Waals surface area contributed by atoms with Gasteiger partial charge < -0.3 is 4.57 Å². The van der Waals surface area contributed by atoms with Crippen LogP contribution in [0.15, 0.2) is 73.2 Å². The molecule has 140 valence electrons. The van der Waals surface area contributed by atoms with E-state index < -0.39 is 0 Å². The molecule has 0 atom stereocenters. The molecule has 4 aromatic rings. The number of hydrogen-bond donors (Lipinski definition) is 2. The third kappa shape index (κ3) is 3.50. The molecule has 0 fully saturated rings. The Morgan fingerprint density at radius 1 is 0.964 bits per heavy atom. The lowest BCUT2D eigenvalue weighted by atomic mass is 10.1. The van der Waals surface area contributed by atoms with Crippen molar-refractivity contribution in [2.75, 3.05) is 0 Å². The monoisotopic (exact) mass is 373 g/mol. The highest BCUT2D eigenvalue weighted by Gasteiger charge is 2.14. The van der Waals surface area contributed by atoms with E-state index in [0.29, 0.717) is 17.7 Å². The van der Waals surface area contributed by atoms with E-state index in [2.05, 4.69) is 16.0 Å². The van der Waals surface area contributed by atoms with Gasteiger partial charge in [-0.05, 0) is 29.8 Å². The number of rotatable bonds is 4. The summed E-state index contributed by atoms with van der Waals surface area (Å²) in [6.45, 7) is 0.632. The number of para-hydroxylation sites is 1. The Labute approximate surface area is 161 Å². The van der Waals surface area contributed by atoms with Crippen molar-refractivity contribution in [2.45, 2.75) is 6.54 Å². The zero-order valence-corrected chi connectivity index (χ0v) is 15.3. The molecule has 7 heteroatoms. The van der Waals surface area contributed by atoms with Crippen LogP contribution in [0.5, 0.6) is 0 Å². The zero-order chi connectivity index (χ0) is 19.5. The van der Waals surface area contributed by atoms with Crippen LogP contribution in [-0.4, -0.2) is 26.2 Å². The molecule has 0 saturated heterocycles. The third-order valence-corrected chi connectivity index (χ3v) is 4.55. The molecule has 28 heavy (non-hydrogen) atoms. The molecule has 0 unspecified atom stereocenters. The Kier molecular flexibility index (Phi) is 4.63. The summed E-state index contributed by atoms with van der Waals surface area (Å²) in [5, 5.41) is 4.99. The number of nitrogens with one attached hydrogen (secondary N) is 2. The molecular weight excluding hydrogens is 354 g/mol. The summed E-state index contributed by atoms with van der Waals surface area (Å²) in [4.78, 5) is 24.8. The minimum absolute atomic E-state index is 0.361. The van der Waals surface area contributed by atoms with Gasteiger partial charge in [0, 0.05) is 42.1 Å². The normalized spacial score (nSPS) is 10.8. The second kappa shape index (κ2) is 7.40.